The molecule has 2 nitrogen and oxygen atoms in total. The minimum absolute atomic E-state index is 0.428. The molecule has 1 fully saturated rings. The van der Waals surface area contributed by atoms with Crippen LogP contribution in [0.1, 0.15) is 46.0 Å². The summed E-state index contributed by atoms with van der Waals surface area (Å²) in [4.78, 5) is 2.39. The highest BCUT2D eigenvalue weighted by Gasteiger charge is 2.27. The molecule has 0 aliphatic heterocycles. The Morgan fingerprint density at radius 1 is 1.33 bits per heavy atom. The molecule has 1 saturated carbocycles. The van der Waals surface area contributed by atoms with Crippen molar-refractivity contribution in [1.29, 1.82) is 0 Å². The van der Waals surface area contributed by atoms with Gasteiger partial charge in [0.05, 0.1) is 0 Å². The van der Waals surface area contributed by atoms with Gasteiger partial charge in [-0.2, -0.15) is 0 Å². The van der Waals surface area contributed by atoms with Crippen LogP contribution in [0.5, 0.6) is 0 Å². The van der Waals surface area contributed by atoms with Crippen LogP contribution in [0.3, 0.4) is 0 Å². The zero-order chi connectivity index (χ0) is 11.3. The van der Waals surface area contributed by atoms with Crippen LogP contribution in [0.2, 0.25) is 0 Å². The first-order chi connectivity index (χ1) is 7.13. The molecule has 2 heteroatoms. The molecule has 0 heterocycles. The summed E-state index contributed by atoms with van der Waals surface area (Å²) in [5.41, 5.74) is 6.16. The number of hydrogen-bond donors (Lipinski definition) is 1. The van der Waals surface area contributed by atoms with Crippen molar-refractivity contribution in [1.82, 2.24) is 4.90 Å². The van der Waals surface area contributed by atoms with E-state index in [0.717, 1.165) is 18.4 Å². The molecule has 15 heavy (non-hydrogen) atoms. The average Bonchev–Trinajstić information content (AvgIpc) is 2.21. The van der Waals surface area contributed by atoms with Gasteiger partial charge >= 0.3 is 0 Å². The molecule has 0 radical (unpaired) electrons. The van der Waals surface area contributed by atoms with Crippen molar-refractivity contribution in [3.8, 4) is 0 Å². The van der Waals surface area contributed by atoms with Crippen molar-refractivity contribution in [3.05, 3.63) is 0 Å². The molecule has 1 aliphatic carbocycles. The predicted molar refractivity (Wildman–Crippen MR) is 66.9 cm³/mol. The van der Waals surface area contributed by atoms with Crippen molar-refractivity contribution < 1.29 is 0 Å². The Hall–Kier alpha value is -0.0800. The van der Waals surface area contributed by atoms with Gasteiger partial charge in [0.2, 0.25) is 0 Å². The molecular weight excluding hydrogens is 184 g/mol. The molecule has 3 atom stereocenters. The molecule has 0 amide bonds. The lowest BCUT2D eigenvalue weighted by atomic mass is 9.71. The summed E-state index contributed by atoms with van der Waals surface area (Å²) >= 11 is 0. The molecule has 0 saturated heterocycles. The van der Waals surface area contributed by atoms with E-state index < -0.39 is 0 Å². The highest BCUT2D eigenvalue weighted by atomic mass is 15.1. The topological polar surface area (TPSA) is 29.3 Å². The first kappa shape index (κ1) is 13.0. The van der Waals surface area contributed by atoms with E-state index in [1.54, 1.807) is 0 Å². The lowest BCUT2D eigenvalue weighted by Gasteiger charge is -2.35. The van der Waals surface area contributed by atoms with Crippen molar-refractivity contribution in [2.45, 2.75) is 52.0 Å². The van der Waals surface area contributed by atoms with Crippen LogP contribution in [0.15, 0.2) is 0 Å². The quantitative estimate of drug-likeness (QED) is 0.702. The zero-order valence-corrected chi connectivity index (χ0v) is 10.7. The molecule has 0 bridgehead atoms. The van der Waals surface area contributed by atoms with Gasteiger partial charge in [-0.05, 0) is 57.7 Å². The lowest BCUT2D eigenvalue weighted by molar-refractivity contribution is 0.167. The first-order valence-electron chi connectivity index (χ1n) is 6.57. The maximum atomic E-state index is 6.16. The first-order valence-corrected chi connectivity index (χ1v) is 6.57. The Labute approximate surface area is 95.2 Å². The number of nitrogens with two attached hydrogens (primary N) is 1. The molecule has 0 aromatic rings. The van der Waals surface area contributed by atoms with Crippen LogP contribution >= 0.6 is 0 Å². The Morgan fingerprint density at radius 3 is 2.53 bits per heavy atom. The van der Waals surface area contributed by atoms with Crippen LogP contribution in [-0.2, 0) is 0 Å². The van der Waals surface area contributed by atoms with Gasteiger partial charge < -0.3 is 10.6 Å². The molecule has 90 valence electrons. The average molecular weight is 212 g/mol. The summed E-state index contributed by atoms with van der Waals surface area (Å²) in [5.74, 6) is 1.86. The van der Waals surface area contributed by atoms with Crippen LogP contribution in [0.25, 0.3) is 0 Å². The van der Waals surface area contributed by atoms with E-state index in [4.69, 9.17) is 5.73 Å². The summed E-state index contributed by atoms with van der Waals surface area (Å²) in [7, 11) is 2.20. The van der Waals surface area contributed by atoms with Crippen LogP contribution in [-0.4, -0.2) is 31.1 Å². The van der Waals surface area contributed by atoms with Gasteiger partial charge in [-0.1, -0.05) is 20.3 Å². The highest BCUT2D eigenvalue weighted by Crippen LogP contribution is 2.36. The molecular formula is C13H28N2. The van der Waals surface area contributed by atoms with E-state index in [-0.39, 0.29) is 0 Å². The molecule has 1 aliphatic rings. The van der Waals surface area contributed by atoms with Crippen molar-refractivity contribution in [3.63, 3.8) is 0 Å². The zero-order valence-electron chi connectivity index (χ0n) is 10.7. The molecule has 0 aromatic carbocycles. The lowest BCUT2D eigenvalue weighted by Crippen LogP contribution is -2.34. The third kappa shape index (κ3) is 4.52. The van der Waals surface area contributed by atoms with Crippen LogP contribution < -0.4 is 5.73 Å². The number of hydrogen-bond acceptors (Lipinski definition) is 2. The highest BCUT2D eigenvalue weighted by molar-refractivity contribution is 4.81. The second kappa shape index (κ2) is 6.49. The molecule has 3 unspecified atom stereocenters. The van der Waals surface area contributed by atoms with Crippen molar-refractivity contribution in [2.24, 2.45) is 17.6 Å². The number of nitrogens with zero attached hydrogens (tertiary/aromatic N) is 1. The van der Waals surface area contributed by atoms with E-state index in [1.807, 2.05) is 0 Å². The Morgan fingerprint density at radius 2 is 2.07 bits per heavy atom. The van der Waals surface area contributed by atoms with Gasteiger partial charge in [0.1, 0.15) is 0 Å². The van der Waals surface area contributed by atoms with E-state index in [1.165, 1.54) is 38.6 Å². The van der Waals surface area contributed by atoms with Crippen molar-refractivity contribution in [2.75, 3.05) is 20.1 Å². The SMILES string of the molecule is CCCN(C)CCC(N)CC1CCC1C. The van der Waals surface area contributed by atoms with E-state index in [9.17, 15) is 0 Å². The standard InChI is InChI=1S/C13H28N2/c1-4-8-15(3)9-7-13(14)10-12-6-5-11(12)2/h11-13H,4-10,14H2,1-3H3. The minimum Gasteiger partial charge on any atom is -0.328 e. The normalized spacial score (nSPS) is 27.8. The second-order valence-corrected chi connectivity index (χ2v) is 5.40. The smallest absolute Gasteiger partial charge is 0.00537 e. The summed E-state index contributed by atoms with van der Waals surface area (Å²) in [6.45, 7) is 6.96. The number of rotatable bonds is 7. The summed E-state index contributed by atoms with van der Waals surface area (Å²) in [6, 6.07) is 0.428. The van der Waals surface area contributed by atoms with Crippen LogP contribution in [0.4, 0.5) is 0 Å². The van der Waals surface area contributed by atoms with Crippen molar-refractivity contribution >= 4 is 0 Å². The monoisotopic (exact) mass is 212 g/mol. The fraction of sp³-hybridized carbons (Fsp3) is 1.00. The summed E-state index contributed by atoms with van der Waals surface area (Å²) in [6.07, 6.45) is 6.50. The van der Waals surface area contributed by atoms with Gasteiger partial charge in [-0.25, -0.2) is 0 Å². The van der Waals surface area contributed by atoms with Gasteiger partial charge in [0, 0.05) is 6.04 Å². The third-order valence-corrected chi connectivity index (χ3v) is 3.89. The molecule has 1 rings (SSSR count). The Bertz CT molecular complexity index is 170. The maximum Gasteiger partial charge on any atom is 0.00537 e. The van der Waals surface area contributed by atoms with E-state index in [0.29, 0.717) is 6.04 Å². The van der Waals surface area contributed by atoms with Crippen LogP contribution in [0, 0.1) is 11.8 Å². The summed E-state index contributed by atoms with van der Waals surface area (Å²) < 4.78 is 0. The fourth-order valence-electron chi connectivity index (χ4n) is 2.47. The maximum absolute atomic E-state index is 6.16. The van der Waals surface area contributed by atoms with E-state index in [2.05, 4.69) is 25.8 Å². The van der Waals surface area contributed by atoms with Gasteiger partial charge in [0.25, 0.3) is 0 Å². The van der Waals surface area contributed by atoms with E-state index >= 15 is 0 Å². The third-order valence-electron chi connectivity index (χ3n) is 3.89. The molecule has 0 aromatic heterocycles. The minimum atomic E-state index is 0.428. The Kier molecular flexibility index (Phi) is 5.62. The fourth-order valence-corrected chi connectivity index (χ4v) is 2.47. The molecule has 0 spiro atoms. The Balaban J connectivity index is 2.05. The van der Waals surface area contributed by atoms with Gasteiger partial charge in [-0.3, -0.25) is 0 Å². The van der Waals surface area contributed by atoms with Gasteiger partial charge in [0.15, 0.2) is 0 Å². The molecule has 2 N–H and O–H groups in total. The second-order valence-electron chi connectivity index (χ2n) is 5.40. The summed E-state index contributed by atoms with van der Waals surface area (Å²) in [5, 5.41) is 0. The van der Waals surface area contributed by atoms with Gasteiger partial charge in [-0.15, -0.1) is 0 Å². The predicted octanol–water partition coefficient (Wildman–Crippen LogP) is 2.48. The largest absolute Gasteiger partial charge is 0.328 e.